The van der Waals surface area contributed by atoms with Crippen LogP contribution in [0.4, 0.5) is 5.69 Å². The molecule has 1 spiro atoms. The minimum atomic E-state index is -0.502. The first-order chi connectivity index (χ1) is 13.2. The molecule has 7 nitrogen and oxygen atoms in total. The first-order valence-corrected chi connectivity index (χ1v) is 9.61. The van der Waals surface area contributed by atoms with E-state index in [9.17, 15) is 4.79 Å². The molecule has 27 heavy (non-hydrogen) atoms. The van der Waals surface area contributed by atoms with Gasteiger partial charge in [-0.2, -0.15) is 0 Å². The first-order valence-electron chi connectivity index (χ1n) is 9.61. The Morgan fingerprint density at radius 2 is 2.11 bits per heavy atom. The van der Waals surface area contributed by atoms with Gasteiger partial charge in [0.05, 0.1) is 12.8 Å². The summed E-state index contributed by atoms with van der Waals surface area (Å²) in [6.07, 6.45) is 8.45. The Hall–Kier alpha value is -2.38. The molecular formula is C20H23N3O4. The Morgan fingerprint density at radius 3 is 2.81 bits per heavy atom. The van der Waals surface area contributed by atoms with Gasteiger partial charge in [-0.3, -0.25) is 9.69 Å². The maximum Gasteiger partial charge on any atom is 0.293 e. The number of nitrogens with zero attached hydrogens (tertiary/aromatic N) is 2. The number of ether oxygens (including phenoxy) is 2. The van der Waals surface area contributed by atoms with Crippen molar-refractivity contribution >= 4 is 11.6 Å². The molecule has 5 rings (SSSR count). The molecule has 1 N–H and O–H groups in total. The Bertz CT molecular complexity index is 824. The molecule has 0 bridgehead atoms. The summed E-state index contributed by atoms with van der Waals surface area (Å²) in [6, 6.07) is 6.41. The largest absolute Gasteiger partial charge is 0.462 e. The van der Waals surface area contributed by atoms with Gasteiger partial charge in [0.15, 0.2) is 6.39 Å². The Labute approximate surface area is 157 Å². The van der Waals surface area contributed by atoms with Crippen LogP contribution < -0.4 is 10.1 Å². The van der Waals surface area contributed by atoms with Crippen molar-refractivity contribution in [2.24, 2.45) is 0 Å². The maximum absolute atomic E-state index is 12.1. The second-order valence-corrected chi connectivity index (χ2v) is 7.56. The molecule has 2 aromatic rings. The molecule has 0 atom stereocenters. The lowest BCUT2D eigenvalue weighted by molar-refractivity contribution is -0.231. The third-order valence-corrected chi connectivity index (χ3v) is 5.91. The summed E-state index contributed by atoms with van der Waals surface area (Å²) in [4.78, 5) is 18.4. The summed E-state index contributed by atoms with van der Waals surface area (Å²) < 4.78 is 17.5. The molecule has 1 saturated carbocycles. The third kappa shape index (κ3) is 3.21. The van der Waals surface area contributed by atoms with E-state index < -0.39 is 5.79 Å². The van der Waals surface area contributed by atoms with Crippen molar-refractivity contribution in [3.05, 3.63) is 42.1 Å². The van der Waals surface area contributed by atoms with E-state index in [1.807, 2.05) is 18.2 Å². The molecule has 1 aromatic heterocycles. The zero-order valence-electron chi connectivity index (χ0n) is 15.1. The molecule has 7 heteroatoms. The number of fused-ring (bicyclic) bond motifs is 1. The van der Waals surface area contributed by atoms with Crippen LogP contribution in [0.25, 0.3) is 0 Å². The van der Waals surface area contributed by atoms with Crippen LogP contribution in [0.2, 0.25) is 0 Å². The standard InChI is InChI=1S/C20H23N3O4/c24-19(18-11-21-13-25-18)22-15-4-5-17-14(10-15)12-26-20(27-17)6-8-23(9-7-20)16-2-1-3-16/h4-5,10-11,13,16H,1-3,6-9,12H2,(H,22,24). The number of anilines is 1. The fourth-order valence-corrected chi connectivity index (χ4v) is 4.06. The molecule has 3 aliphatic rings. The highest BCUT2D eigenvalue weighted by molar-refractivity contribution is 6.02. The molecule has 2 aliphatic heterocycles. The van der Waals surface area contributed by atoms with Crippen molar-refractivity contribution in [1.82, 2.24) is 9.88 Å². The smallest absolute Gasteiger partial charge is 0.293 e. The van der Waals surface area contributed by atoms with Crippen LogP contribution in [0.1, 0.15) is 48.2 Å². The lowest BCUT2D eigenvalue weighted by Gasteiger charge is -2.47. The summed E-state index contributed by atoms with van der Waals surface area (Å²) in [7, 11) is 0. The van der Waals surface area contributed by atoms with E-state index >= 15 is 0 Å². The number of carbonyl (C=O) groups is 1. The van der Waals surface area contributed by atoms with E-state index in [1.54, 1.807) is 0 Å². The third-order valence-electron chi connectivity index (χ3n) is 5.91. The van der Waals surface area contributed by atoms with E-state index in [1.165, 1.54) is 31.9 Å². The van der Waals surface area contributed by atoms with Crippen LogP contribution in [0.5, 0.6) is 5.75 Å². The highest BCUT2D eigenvalue weighted by Crippen LogP contribution is 2.40. The van der Waals surface area contributed by atoms with Gasteiger partial charge in [-0.25, -0.2) is 4.98 Å². The number of piperidine rings is 1. The van der Waals surface area contributed by atoms with Gasteiger partial charge in [-0.1, -0.05) is 6.42 Å². The van der Waals surface area contributed by atoms with E-state index in [0.717, 1.165) is 43.3 Å². The molecule has 1 saturated heterocycles. The van der Waals surface area contributed by atoms with Crippen LogP contribution in [-0.4, -0.2) is 40.7 Å². The number of amides is 1. The zero-order chi connectivity index (χ0) is 18.3. The molecule has 142 valence electrons. The van der Waals surface area contributed by atoms with Crippen molar-refractivity contribution in [2.75, 3.05) is 18.4 Å². The van der Waals surface area contributed by atoms with Crippen LogP contribution in [0.15, 0.2) is 35.2 Å². The maximum atomic E-state index is 12.1. The monoisotopic (exact) mass is 369 g/mol. The van der Waals surface area contributed by atoms with E-state index in [2.05, 4.69) is 15.2 Å². The second-order valence-electron chi connectivity index (χ2n) is 7.56. The molecule has 1 amide bonds. The number of aromatic nitrogens is 1. The number of oxazole rings is 1. The number of benzene rings is 1. The minimum absolute atomic E-state index is 0.178. The number of nitrogens with one attached hydrogen (secondary N) is 1. The number of hydrogen-bond acceptors (Lipinski definition) is 6. The van der Waals surface area contributed by atoms with E-state index in [0.29, 0.717) is 12.3 Å². The quantitative estimate of drug-likeness (QED) is 0.895. The molecular weight excluding hydrogens is 346 g/mol. The molecule has 2 fully saturated rings. The van der Waals surface area contributed by atoms with E-state index in [-0.39, 0.29) is 11.7 Å². The molecule has 0 unspecified atom stereocenters. The Balaban J connectivity index is 1.25. The predicted molar refractivity (Wildman–Crippen MR) is 97.5 cm³/mol. The van der Waals surface area contributed by atoms with Crippen molar-refractivity contribution in [2.45, 2.75) is 50.5 Å². The molecule has 0 radical (unpaired) electrons. The number of likely N-dealkylation sites (tertiary alicyclic amines) is 1. The average molecular weight is 369 g/mol. The highest BCUT2D eigenvalue weighted by Gasteiger charge is 2.42. The summed E-state index contributed by atoms with van der Waals surface area (Å²) in [6.45, 7) is 2.56. The van der Waals surface area contributed by atoms with Crippen molar-refractivity contribution < 1.29 is 18.7 Å². The van der Waals surface area contributed by atoms with Crippen LogP contribution in [0.3, 0.4) is 0 Å². The number of hydrogen-bond donors (Lipinski definition) is 1. The Morgan fingerprint density at radius 1 is 1.26 bits per heavy atom. The van der Waals surface area contributed by atoms with Crippen molar-refractivity contribution in [3.8, 4) is 5.75 Å². The van der Waals surface area contributed by atoms with Crippen molar-refractivity contribution in [1.29, 1.82) is 0 Å². The van der Waals surface area contributed by atoms with Crippen LogP contribution in [0, 0.1) is 0 Å². The topological polar surface area (TPSA) is 76.8 Å². The van der Waals surface area contributed by atoms with Gasteiger partial charge in [0.2, 0.25) is 11.5 Å². The molecule has 3 heterocycles. The normalized spacial score (nSPS) is 21.9. The van der Waals surface area contributed by atoms with Gasteiger partial charge in [-0.15, -0.1) is 0 Å². The fraction of sp³-hybridized carbons (Fsp3) is 0.500. The SMILES string of the molecule is O=C(Nc1ccc2c(c1)COC1(CCN(C3CCC3)CC1)O2)c1cnco1. The molecule has 1 aliphatic carbocycles. The lowest BCUT2D eigenvalue weighted by Crippen LogP contribution is -2.54. The van der Waals surface area contributed by atoms with Crippen LogP contribution >= 0.6 is 0 Å². The first kappa shape index (κ1) is 16.8. The van der Waals surface area contributed by atoms with Crippen LogP contribution in [-0.2, 0) is 11.3 Å². The summed E-state index contributed by atoms with van der Waals surface area (Å²) >= 11 is 0. The van der Waals surface area contributed by atoms with Gasteiger partial charge in [0, 0.05) is 43.2 Å². The second kappa shape index (κ2) is 6.65. The summed E-state index contributed by atoms with van der Waals surface area (Å²) in [5.74, 6) is 0.191. The molecule has 1 aromatic carbocycles. The minimum Gasteiger partial charge on any atom is -0.462 e. The number of rotatable bonds is 3. The van der Waals surface area contributed by atoms with Crippen molar-refractivity contribution in [3.63, 3.8) is 0 Å². The summed E-state index contributed by atoms with van der Waals surface area (Å²) in [5, 5.41) is 2.81. The highest BCUT2D eigenvalue weighted by atomic mass is 16.7. The summed E-state index contributed by atoms with van der Waals surface area (Å²) in [5.41, 5.74) is 1.62. The number of carbonyl (C=O) groups excluding carboxylic acids is 1. The van der Waals surface area contributed by atoms with E-state index in [4.69, 9.17) is 13.9 Å². The predicted octanol–water partition coefficient (Wildman–Crippen LogP) is 3.18. The average Bonchev–Trinajstić information content (AvgIpc) is 3.17. The Kier molecular flexibility index (Phi) is 4.13. The fourth-order valence-electron chi connectivity index (χ4n) is 4.06. The van der Waals surface area contributed by atoms with Gasteiger partial charge < -0.3 is 19.2 Å². The van der Waals surface area contributed by atoms with Gasteiger partial charge >= 0.3 is 0 Å². The van der Waals surface area contributed by atoms with Gasteiger partial charge in [0.1, 0.15) is 5.75 Å². The zero-order valence-corrected chi connectivity index (χ0v) is 15.1. The van der Waals surface area contributed by atoms with Gasteiger partial charge in [-0.05, 0) is 31.0 Å². The van der Waals surface area contributed by atoms with Gasteiger partial charge in [0.25, 0.3) is 5.91 Å². The lowest BCUT2D eigenvalue weighted by atomic mass is 9.89.